The average molecular weight is 796 g/mol. The molecule has 1 unspecified atom stereocenters. The van der Waals surface area contributed by atoms with Crippen molar-refractivity contribution < 1.29 is 8.83 Å². The van der Waals surface area contributed by atoms with Crippen LogP contribution in [0.15, 0.2) is 207 Å². The molecular weight excluding hydrogens is 763 g/mol. The lowest BCUT2D eigenvalue weighted by Gasteiger charge is -2.25. The van der Waals surface area contributed by atoms with Gasteiger partial charge in [-0.3, -0.25) is 4.57 Å². The van der Waals surface area contributed by atoms with E-state index in [1.54, 1.807) is 0 Å². The van der Waals surface area contributed by atoms with Crippen molar-refractivity contribution in [3.63, 3.8) is 0 Å². The predicted octanol–water partition coefficient (Wildman–Crippen LogP) is 13.8. The normalized spacial score (nSPS) is 14.6. The van der Waals surface area contributed by atoms with E-state index < -0.39 is 6.17 Å². The van der Waals surface area contributed by atoms with Gasteiger partial charge in [-0.05, 0) is 65.4 Å². The van der Waals surface area contributed by atoms with Gasteiger partial charge in [0.25, 0.3) is 0 Å². The molecule has 0 spiro atoms. The Morgan fingerprint density at radius 3 is 1.68 bits per heavy atom. The van der Waals surface area contributed by atoms with Gasteiger partial charge < -0.3 is 18.7 Å². The molecule has 0 aliphatic carbocycles. The van der Waals surface area contributed by atoms with Crippen molar-refractivity contribution in [3.05, 3.63) is 199 Å². The van der Waals surface area contributed by atoms with Crippen LogP contribution in [0.2, 0.25) is 0 Å². The van der Waals surface area contributed by atoms with Gasteiger partial charge in [-0.1, -0.05) is 133 Å². The van der Waals surface area contributed by atoms with Gasteiger partial charge in [0.05, 0.1) is 27.6 Å². The Kier molecular flexibility index (Phi) is 6.76. The minimum absolute atomic E-state index is 0.562. The number of hydrogen-bond donors (Lipinski definition) is 1. The van der Waals surface area contributed by atoms with E-state index in [-0.39, 0.29) is 0 Å². The molecule has 0 bridgehead atoms. The molecule has 7 nitrogen and oxygen atoms in total. The van der Waals surface area contributed by atoms with Crippen molar-refractivity contribution in [3.8, 4) is 5.69 Å². The van der Waals surface area contributed by atoms with E-state index in [1.807, 2.05) is 24.3 Å². The summed E-state index contributed by atoms with van der Waals surface area (Å²) in [6, 6.07) is 66.1. The van der Waals surface area contributed by atoms with E-state index in [0.29, 0.717) is 11.8 Å². The summed E-state index contributed by atoms with van der Waals surface area (Å²) in [5.41, 5.74) is 10.2. The van der Waals surface area contributed by atoms with E-state index in [2.05, 4.69) is 178 Å². The van der Waals surface area contributed by atoms with Crippen LogP contribution in [0.25, 0.3) is 104 Å². The number of hydrogen-bond acceptors (Lipinski definition) is 5. The van der Waals surface area contributed by atoms with Gasteiger partial charge >= 0.3 is 0 Å². The number of nitrogens with zero attached hydrogens (tertiary/aromatic N) is 4. The topological polar surface area (TPSA) is 72.9 Å². The van der Waals surface area contributed by atoms with E-state index in [1.165, 1.54) is 21.5 Å². The minimum atomic E-state index is -0.565. The predicted molar refractivity (Wildman–Crippen MR) is 254 cm³/mol. The summed E-state index contributed by atoms with van der Waals surface area (Å²) in [7, 11) is 0. The number of para-hydroxylation sites is 6. The van der Waals surface area contributed by atoms with Gasteiger partial charge in [-0.15, -0.1) is 0 Å². The summed E-state index contributed by atoms with van der Waals surface area (Å²) in [6.07, 6.45) is -0.565. The lowest BCUT2D eigenvalue weighted by molar-refractivity contribution is 0.625. The van der Waals surface area contributed by atoms with E-state index in [4.69, 9.17) is 18.8 Å². The molecule has 4 aromatic heterocycles. The van der Waals surface area contributed by atoms with Gasteiger partial charge in [0.15, 0.2) is 6.17 Å². The first-order valence-electron chi connectivity index (χ1n) is 20.9. The smallest absolute Gasteiger partial charge is 0.234 e. The summed E-state index contributed by atoms with van der Waals surface area (Å²) in [6.45, 7) is 0. The van der Waals surface area contributed by atoms with Crippen molar-refractivity contribution in [2.24, 2.45) is 9.98 Å². The van der Waals surface area contributed by atoms with E-state index >= 15 is 0 Å². The van der Waals surface area contributed by atoms with Crippen LogP contribution in [0, 0.1) is 0 Å². The number of aliphatic imine (C=N–C) groups is 2. The second kappa shape index (κ2) is 12.5. The molecule has 14 rings (SSSR count). The second-order valence-electron chi connectivity index (χ2n) is 16.2. The third-order valence-corrected chi connectivity index (χ3v) is 12.8. The number of fused-ring (bicyclic) bond motifs is 13. The summed E-state index contributed by atoms with van der Waals surface area (Å²) < 4.78 is 18.1. The van der Waals surface area contributed by atoms with Gasteiger partial charge in [-0.2, -0.15) is 4.99 Å². The Balaban J connectivity index is 1.07. The van der Waals surface area contributed by atoms with E-state index in [0.717, 1.165) is 93.5 Å². The quantitative estimate of drug-likeness (QED) is 0.194. The SMILES string of the molecule is c1ccc2cc3c(cc2c1)c1ccccc1n3-c1cc(C2=NC(n3c4ccccc4c4ccccc43)=NC(c3cccc4c3oc3ccccc34)N2)c2oc3ccccc3c2c1. The zero-order valence-corrected chi connectivity index (χ0v) is 33.1. The molecule has 0 amide bonds. The Morgan fingerprint density at radius 1 is 0.419 bits per heavy atom. The molecule has 7 heteroatoms. The van der Waals surface area contributed by atoms with Crippen molar-refractivity contribution >= 4 is 110 Å². The summed E-state index contributed by atoms with van der Waals surface area (Å²) >= 11 is 0. The fraction of sp³-hybridized carbons (Fsp3) is 0.0182. The van der Waals surface area contributed by atoms with Crippen molar-refractivity contribution in [2.45, 2.75) is 6.17 Å². The number of nitrogens with one attached hydrogen (secondary N) is 1. The van der Waals surface area contributed by atoms with Gasteiger partial charge in [0.2, 0.25) is 5.96 Å². The van der Waals surface area contributed by atoms with Gasteiger partial charge in [0.1, 0.15) is 28.2 Å². The Hall–Kier alpha value is -8.42. The fourth-order valence-corrected chi connectivity index (χ4v) is 10.0. The lowest BCUT2D eigenvalue weighted by atomic mass is 10.0. The maximum atomic E-state index is 6.86. The molecule has 1 N–H and O–H groups in total. The maximum absolute atomic E-state index is 6.86. The molecule has 9 aromatic carbocycles. The summed E-state index contributed by atoms with van der Waals surface area (Å²) in [5.74, 6) is 1.21. The highest BCUT2D eigenvalue weighted by Gasteiger charge is 2.29. The molecule has 0 fully saturated rings. The van der Waals surface area contributed by atoms with Gasteiger partial charge in [-0.25, -0.2) is 4.99 Å². The third kappa shape index (κ3) is 4.70. The van der Waals surface area contributed by atoms with Crippen LogP contribution in [0.1, 0.15) is 17.3 Å². The molecule has 5 heterocycles. The number of rotatable bonds is 3. The van der Waals surface area contributed by atoms with E-state index in [9.17, 15) is 0 Å². The molecule has 62 heavy (non-hydrogen) atoms. The monoisotopic (exact) mass is 795 g/mol. The molecule has 13 aromatic rings. The molecule has 1 atom stereocenters. The number of amidine groups is 1. The standard InChI is InChI=1S/C55H33N5O2/c1-2-15-33-29-48-42(28-32(33)14-1)37-18-5-8-23-45(37)59(48)34-30-43-39-20-7-12-27-50(39)62-52(43)44(31-34)54-56-53(41-22-13-21-40-38-19-6-11-26-49(38)61-51(40)41)57-55(58-54)60-46-24-9-3-16-35(46)36-17-4-10-25-47(36)60/h1-31,53H,(H,56,57,58). The Morgan fingerprint density at radius 2 is 0.968 bits per heavy atom. The average Bonchev–Trinajstić information content (AvgIpc) is 4.08. The van der Waals surface area contributed by atoms with Crippen LogP contribution < -0.4 is 5.32 Å². The molecule has 290 valence electrons. The molecule has 1 aliphatic rings. The fourth-order valence-electron chi connectivity index (χ4n) is 10.0. The number of aromatic nitrogens is 2. The Labute approximate surface area is 353 Å². The molecular formula is C55H33N5O2. The lowest BCUT2D eigenvalue weighted by Crippen LogP contribution is -2.35. The largest absolute Gasteiger partial charge is 0.456 e. The molecule has 0 saturated heterocycles. The minimum Gasteiger partial charge on any atom is -0.456 e. The Bertz CT molecular complexity index is 4050. The van der Waals surface area contributed by atoms with Crippen LogP contribution in [0.5, 0.6) is 0 Å². The maximum Gasteiger partial charge on any atom is 0.234 e. The first kappa shape index (κ1) is 33.4. The van der Waals surface area contributed by atoms with Crippen LogP contribution in [-0.2, 0) is 0 Å². The molecule has 0 radical (unpaired) electrons. The van der Waals surface area contributed by atoms with Gasteiger partial charge in [0, 0.05) is 54.3 Å². The second-order valence-corrected chi connectivity index (χ2v) is 16.2. The zero-order chi connectivity index (χ0) is 40.5. The zero-order valence-electron chi connectivity index (χ0n) is 33.1. The van der Waals surface area contributed by atoms with Crippen molar-refractivity contribution in [1.29, 1.82) is 0 Å². The van der Waals surface area contributed by atoms with Crippen LogP contribution >= 0.6 is 0 Å². The van der Waals surface area contributed by atoms with Crippen LogP contribution in [0.4, 0.5) is 0 Å². The first-order valence-corrected chi connectivity index (χ1v) is 20.9. The highest BCUT2D eigenvalue weighted by Crippen LogP contribution is 2.41. The highest BCUT2D eigenvalue weighted by atomic mass is 16.3. The van der Waals surface area contributed by atoms with Crippen molar-refractivity contribution in [1.82, 2.24) is 14.5 Å². The first-order chi connectivity index (χ1) is 30.7. The highest BCUT2D eigenvalue weighted by molar-refractivity contribution is 6.22. The summed E-state index contributed by atoms with van der Waals surface area (Å²) in [5, 5.41) is 15.0. The number of benzene rings is 9. The van der Waals surface area contributed by atoms with Crippen LogP contribution in [-0.4, -0.2) is 20.9 Å². The van der Waals surface area contributed by atoms with Crippen LogP contribution in [0.3, 0.4) is 0 Å². The molecule has 0 saturated carbocycles. The van der Waals surface area contributed by atoms with Crippen molar-refractivity contribution in [2.75, 3.05) is 0 Å². The number of furan rings is 2. The molecule has 1 aliphatic heterocycles. The third-order valence-electron chi connectivity index (χ3n) is 12.8. The summed E-state index contributed by atoms with van der Waals surface area (Å²) in [4.78, 5) is 11.0.